The van der Waals surface area contributed by atoms with Gasteiger partial charge in [-0.3, -0.25) is 14.5 Å². The van der Waals surface area contributed by atoms with Crippen LogP contribution in [0, 0.1) is 5.92 Å². The van der Waals surface area contributed by atoms with Crippen molar-refractivity contribution in [1.82, 2.24) is 10.2 Å². The average Bonchev–Trinajstić information content (AvgIpc) is 2.28. The Kier molecular flexibility index (Phi) is 5.55. The molecule has 0 radical (unpaired) electrons. The molecular weight excluding hydrogens is 236 g/mol. The fourth-order valence-electron chi connectivity index (χ4n) is 1.91. The fourth-order valence-corrected chi connectivity index (χ4v) is 1.91. The highest BCUT2D eigenvalue weighted by atomic mass is 16.5. The van der Waals surface area contributed by atoms with E-state index in [0.29, 0.717) is 26.3 Å². The van der Waals surface area contributed by atoms with Crippen LogP contribution in [0.25, 0.3) is 0 Å². The Morgan fingerprint density at radius 2 is 2.11 bits per heavy atom. The van der Waals surface area contributed by atoms with E-state index in [4.69, 9.17) is 9.84 Å². The molecule has 0 bridgehead atoms. The van der Waals surface area contributed by atoms with Gasteiger partial charge in [0.2, 0.25) is 5.91 Å². The molecule has 1 heterocycles. The quantitative estimate of drug-likeness (QED) is 0.722. The molecule has 2 N–H and O–H groups in total. The topological polar surface area (TPSA) is 78.9 Å². The van der Waals surface area contributed by atoms with Gasteiger partial charge in [-0.15, -0.1) is 0 Å². The second kappa shape index (κ2) is 6.70. The highest BCUT2D eigenvalue weighted by molar-refractivity contribution is 5.82. The molecular formula is C12H22N2O4. The lowest BCUT2D eigenvalue weighted by Gasteiger charge is -2.35. The summed E-state index contributed by atoms with van der Waals surface area (Å²) in [5, 5.41) is 11.8. The standard InChI is InChI=1S/C12H22N2O4/c1-8(2)13-11(15)10-7-18-5-4-14(10)6-9(3)12(16)17/h8-10H,4-7H2,1-3H3,(H,13,15)(H,16,17). The lowest BCUT2D eigenvalue weighted by Crippen LogP contribution is -2.56. The number of carbonyl (C=O) groups excluding carboxylic acids is 1. The molecule has 1 saturated heterocycles. The number of nitrogens with one attached hydrogen (secondary N) is 1. The van der Waals surface area contributed by atoms with E-state index in [1.807, 2.05) is 18.7 Å². The molecule has 0 aromatic heterocycles. The average molecular weight is 258 g/mol. The van der Waals surface area contributed by atoms with Crippen molar-refractivity contribution in [3.8, 4) is 0 Å². The number of rotatable bonds is 5. The van der Waals surface area contributed by atoms with Gasteiger partial charge in [-0.05, 0) is 13.8 Å². The van der Waals surface area contributed by atoms with E-state index >= 15 is 0 Å². The third kappa shape index (κ3) is 4.27. The number of nitrogens with zero attached hydrogens (tertiary/aromatic N) is 1. The van der Waals surface area contributed by atoms with Crippen LogP contribution in [0.3, 0.4) is 0 Å². The van der Waals surface area contributed by atoms with Gasteiger partial charge in [0.25, 0.3) is 0 Å². The van der Waals surface area contributed by atoms with Gasteiger partial charge >= 0.3 is 5.97 Å². The van der Waals surface area contributed by atoms with E-state index in [-0.39, 0.29) is 18.0 Å². The monoisotopic (exact) mass is 258 g/mol. The van der Waals surface area contributed by atoms with Crippen LogP contribution in [0.1, 0.15) is 20.8 Å². The van der Waals surface area contributed by atoms with E-state index in [1.165, 1.54) is 0 Å². The maximum atomic E-state index is 12.0. The van der Waals surface area contributed by atoms with Crippen molar-refractivity contribution in [2.45, 2.75) is 32.9 Å². The van der Waals surface area contributed by atoms with Crippen molar-refractivity contribution in [3.05, 3.63) is 0 Å². The molecule has 0 spiro atoms. The number of morpholine rings is 1. The van der Waals surface area contributed by atoms with Crippen molar-refractivity contribution >= 4 is 11.9 Å². The van der Waals surface area contributed by atoms with Crippen LogP contribution in [0.4, 0.5) is 0 Å². The SMILES string of the molecule is CC(C)NC(=O)C1COCCN1CC(C)C(=O)O. The Balaban J connectivity index is 2.61. The molecule has 0 saturated carbocycles. The molecule has 1 aliphatic heterocycles. The van der Waals surface area contributed by atoms with E-state index in [9.17, 15) is 9.59 Å². The molecule has 0 aromatic carbocycles. The second-order valence-corrected chi connectivity index (χ2v) is 4.99. The predicted molar refractivity (Wildman–Crippen MR) is 66.3 cm³/mol. The minimum Gasteiger partial charge on any atom is -0.481 e. The molecule has 104 valence electrons. The minimum absolute atomic E-state index is 0.0678. The van der Waals surface area contributed by atoms with Crippen LogP contribution in [0.15, 0.2) is 0 Å². The molecule has 0 aromatic rings. The third-order valence-electron chi connectivity index (χ3n) is 2.90. The van der Waals surface area contributed by atoms with Gasteiger partial charge in [0.15, 0.2) is 0 Å². The maximum Gasteiger partial charge on any atom is 0.307 e. The predicted octanol–water partition coefficient (Wildman–Crippen LogP) is -0.0675. The summed E-state index contributed by atoms with van der Waals surface area (Å²) in [6.07, 6.45) is 0. The number of ether oxygens (including phenoxy) is 1. The summed E-state index contributed by atoms with van der Waals surface area (Å²) in [6.45, 7) is 7.26. The normalized spacial score (nSPS) is 22.8. The first-order chi connectivity index (χ1) is 8.41. The number of amides is 1. The largest absolute Gasteiger partial charge is 0.481 e. The van der Waals surface area contributed by atoms with Gasteiger partial charge < -0.3 is 15.2 Å². The smallest absolute Gasteiger partial charge is 0.307 e. The van der Waals surface area contributed by atoms with Crippen molar-refractivity contribution in [2.24, 2.45) is 5.92 Å². The van der Waals surface area contributed by atoms with Crippen molar-refractivity contribution in [1.29, 1.82) is 0 Å². The summed E-state index contributed by atoms with van der Waals surface area (Å²) in [6, 6.07) is -0.318. The maximum absolute atomic E-state index is 12.0. The fraction of sp³-hybridized carbons (Fsp3) is 0.833. The number of carboxylic acids is 1. The Hall–Kier alpha value is -1.14. The summed E-state index contributed by atoms with van der Waals surface area (Å²) in [7, 11) is 0. The number of carboxylic acid groups (broad SMARTS) is 1. The van der Waals surface area contributed by atoms with Gasteiger partial charge in [0, 0.05) is 19.1 Å². The summed E-state index contributed by atoms with van der Waals surface area (Å²) in [4.78, 5) is 24.7. The molecule has 1 amide bonds. The molecule has 18 heavy (non-hydrogen) atoms. The molecule has 6 nitrogen and oxygen atoms in total. The van der Waals surface area contributed by atoms with Gasteiger partial charge in [0.05, 0.1) is 19.1 Å². The Bertz CT molecular complexity index is 306. The highest BCUT2D eigenvalue weighted by Crippen LogP contribution is 2.11. The van der Waals surface area contributed by atoms with Crippen molar-refractivity contribution in [2.75, 3.05) is 26.3 Å². The molecule has 2 unspecified atom stereocenters. The molecule has 2 atom stereocenters. The lowest BCUT2D eigenvalue weighted by atomic mass is 10.1. The zero-order valence-electron chi connectivity index (χ0n) is 11.2. The van der Waals surface area contributed by atoms with Crippen LogP contribution in [-0.4, -0.2) is 60.3 Å². The molecule has 6 heteroatoms. The van der Waals surface area contributed by atoms with Crippen LogP contribution >= 0.6 is 0 Å². The number of hydrogen-bond acceptors (Lipinski definition) is 4. The molecule has 1 fully saturated rings. The summed E-state index contributed by atoms with van der Waals surface area (Å²) >= 11 is 0. The van der Waals surface area contributed by atoms with Gasteiger partial charge in [0.1, 0.15) is 6.04 Å². The van der Waals surface area contributed by atoms with Crippen molar-refractivity contribution in [3.63, 3.8) is 0 Å². The first kappa shape index (κ1) is 14.9. The van der Waals surface area contributed by atoms with Crippen LogP contribution in [0.2, 0.25) is 0 Å². The minimum atomic E-state index is -0.843. The van der Waals surface area contributed by atoms with Crippen LogP contribution in [-0.2, 0) is 14.3 Å². The third-order valence-corrected chi connectivity index (χ3v) is 2.90. The Morgan fingerprint density at radius 3 is 2.67 bits per heavy atom. The summed E-state index contributed by atoms with van der Waals surface area (Å²) < 4.78 is 5.31. The summed E-state index contributed by atoms with van der Waals surface area (Å²) in [5.74, 6) is -1.43. The number of aliphatic carboxylic acids is 1. The van der Waals surface area contributed by atoms with Gasteiger partial charge in [-0.25, -0.2) is 0 Å². The van der Waals surface area contributed by atoms with E-state index in [1.54, 1.807) is 6.92 Å². The second-order valence-electron chi connectivity index (χ2n) is 4.99. The first-order valence-corrected chi connectivity index (χ1v) is 6.26. The van der Waals surface area contributed by atoms with E-state index in [0.717, 1.165) is 0 Å². The Morgan fingerprint density at radius 1 is 1.44 bits per heavy atom. The zero-order chi connectivity index (χ0) is 13.7. The van der Waals surface area contributed by atoms with Crippen LogP contribution in [0.5, 0.6) is 0 Å². The molecule has 0 aliphatic carbocycles. The lowest BCUT2D eigenvalue weighted by molar-refractivity contribution is -0.145. The van der Waals surface area contributed by atoms with E-state index in [2.05, 4.69) is 5.32 Å². The van der Waals surface area contributed by atoms with Crippen LogP contribution < -0.4 is 5.32 Å². The van der Waals surface area contributed by atoms with Gasteiger partial charge in [-0.1, -0.05) is 6.92 Å². The number of hydrogen-bond donors (Lipinski definition) is 2. The van der Waals surface area contributed by atoms with E-state index < -0.39 is 11.9 Å². The molecule has 1 aliphatic rings. The molecule has 1 rings (SSSR count). The zero-order valence-corrected chi connectivity index (χ0v) is 11.2. The Labute approximate surface area is 107 Å². The highest BCUT2D eigenvalue weighted by Gasteiger charge is 2.31. The summed E-state index contributed by atoms with van der Waals surface area (Å²) in [5.41, 5.74) is 0. The van der Waals surface area contributed by atoms with Crippen molar-refractivity contribution < 1.29 is 19.4 Å². The number of carbonyl (C=O) groups is 2. The van der Waals surface area contributed by atoms with Gasteiger partial charge in [-0.2, -0.15) is 0 Å². The first-order valence-electron chi connectivity index (χ1n) is 6.26.